The molecule has 156 valence electrons. The van der Waals surface area contributed by atoms with Crippen molar-refractivity contribution in [2.45, 2.75) is 31.6 Å². The first kappa shape index (κ1) is 21.6. The first-order valence-corrected chi connectivity index (χ1v) is 10.8. The monoisotopic (exact) mass is 426 g/mol. The van der Waals surface area contributed by atoms with E-state index in [9.17, 15) is 18.5 Å². The predicted octanol–water partition coefficient (Wildman–Crippen LogP) is 4.10. The van der Waals surface area contributed by atoms with Crippen LogP contribution in [-0.4, -0.2) is 13.3 Å². The van der Waals surface area contributed by atoms with Crippen LogP contribution in [0.25, 0.3) is 0 Å². The van der Waals surface area contributed by atoms with Gasteiger partial charge >= 0.3 is 0 Å². The van der Waals surface area contributed by atoms with Gasteiger partial charge in [-0.1, -0.05) is 54.6 Å². The van der Waals surface area contributed by atoms with Gasteiger partial charge in [0.2, 0.25) is 10.0 Å². The van der Waals surface area contributed by atoms with Crippen molar-refractivity contribution in [1.82, 2.24) is 4.72 Å². The molecule has 0 aliphatic carbocycles. The van der Waals surface area contributed by atoms with Crippen molar-refractivity contribution in [2.24, 2.45) is 0 Å². The normalized spacial score (nSPS) is 11.4. The molecule has 7 nitrogen and oxygen atoms in total. The Kier molecular flexibility index (Phi) is 6.94. The third-order valence-electron chi connectivity index (χ3n) is 4.51. The number of aryl methyl sites for hydroxylation is 1. The number of nitrogens with zero attached hydrogens (tertiary/aromatic N) is 1. The lowest BCUT2D eigenvalue weighted by atomic mass is 10.1. The van der Waals surface area contributed by atoms with Crippen LogP contribution < -0.4 is 4.72 Å². The molecule has 30 heavy (non-hydrogen) atoms. The predicted molar refractivity (Wildman–Crippen MR) is 113 cm³/mol. The van der Waals surface area contributed by atoms with Gasteiger partial charge < -0.3 is 4.74 Å². The molecule has 0 fully saturated rings. The van der Waals surface area contributed by atoms with Crippen molar-refractivity contribution < 1.29 is 18.1 Å². The molecule has 0 aliphatic heterocycles. The Morgan fingerprint density at radius 3 is 2.27 bits per heavy atom. The first-order chi connectivity index (χ1) is 14.3. The molecule has 0 bridgehead atoms. The van der Waals surface area contributed by atoms with Crippen LogP contribution in [-0.2, 0) is 34.5 Å². The van der Waals surface area contributed by atoms with Crippen molar-refractivity contribution in [2.75, 3.05) is 0 Å². The lowest BCUT2D eigenvalue weighted by Crippen LogP contribution is -2.23. The van der Waals surface area contributed by atoms with E-state index in [4.69, 9.17) is 4.74 Å². The van der Waals surface area contributed by atoms with Crippen molar-refractivity contribution in [3.8, 4) is 0 Å². The zero-order valence-electron chi connectivity index (χ0n) is 16.4. The number of hydrogen-bond donors (Lipinski definition) is 1. The highest BCUT2D eigenvalue weighted by Gasteiger charge is 2.18. The lowest BCUT2D eigenvalue weighted by Gasteiger charge is -2.10. The summed E-state index contributed by atoms with van der Waals surface area (Å²) in [5, 5.41) is 10.9. The highest BCUT2D eigenvalue weighted by atomic mass is 32.2. The number of nitro benzene ring substituents is 1. The highest BCUT2D eigenvalue weighted by molar-refractivity contribution is 7.89. The third kappa shape index (κ3) is 5.73. The van der Waals surface area contributed by atoms with Crippen LogP contribution in [0.4, 0.5) is 5.69 Å². The van der Waals surface area contributed by atoms with E-state index >= 15 is 0 Å². The molecule has 0 spiro atoms. The van der Waals surface area contributed by atoms with Gasteiger partial charge in [-0.3, -0.25) is 10.1 Å². The minimum Gasteiger partial charge on any atom is -0.372 e. The number of nitrogens with one attached hydrogen (secondary N) is 1. The molecular weight excluding hydrogens is 404 g/mol. The number of sulfonamides is 1. The van der Waals surface area contributed by atoms with Crippen molar-refractivity contribution >= 4 is 15.7 Å². The first-order valence-electron chi connectivity index (χ1n) is 9.29. The number of ether oxygens (including phenoxy) is 1. The van der Waals surface area contributed by atoms with Crippen LogP contribution in [0.1, 0.15) is 22.3 Å². The van der Waals surface area contributed by atoms with Crippen LogP contribution in [0.3, 0.4) is 0 Å². The van der Waals surface area contributed by atoms with E-state index in [1.807, 2.05) is 54.6 Å². The quantitative estimate of drug-likeness (QED) is 0.410. The lowest BCUT2D eigenvalue weighted by molar-refractivity contribution is -0.385. The zero-order chi connectivity index (χ0) is 21.6. The summed E-state index contributed by atoms with van der Waals surface area (Å²) in [5.74, 6) is 0. The standard InChI is InChI=1S/C22H22N2O5S/c1-17-12-21(10-11-22(17)24(25)26)30(27,28)23-14-19-8-5-9-20(13-19)16-29-15-18-6-3-2-4-7-18/h2-13,23H,14-16H2,1H3. The van der Waals surface area contributed by atoms with Gasteiger partial charge in [-0.25, -0.2) is 13.1 Å². The molecular formula is C22H22N2O5S. The van der Waals surface area contributed by atoms with E-state index in [2.05, 4.69) is 4.72 Å². The van der Waals surface area contributed by atoms with Crippen LogP contribution in [0, 0.1) is 17.0 Å². The van der Waals surface area contributed by atoms with Crippen molar-refractivity contribution in [3.05, 3.63) is 105 Å². The maximum Gasteiger partial charge on any atom is 0.272 e. The average molecular weight is 426 g/mol. The molecule has 0 aliphatic rings. The van der Waals surface area contributed by atoms with E-state index in [1.54, 1.807) is 0 Å². The van der Waals surface area contributed by atoms with Gasteiger partial charge in [0, 0.05) is 18.2 Å². The summed E-state index contributed by atoms with van der Waals surface area (Å²) in [6, 6.07) is 21.1. The van der Waals surface area contributed by atoms with Gasteiger partial charge in [0.1, 0.15) is 0 Å². The minimum absolute atomic E-state index is 0.00653. The smallest absolute Gasteiger partial charge is 0.272 e. The summed E-state index contributed by atoms with van der Waals surface area (Å²) in [6.45, 7) is 2.52. The molecule has 3 aromatic rings. The van der Waals surface area contributed by atoms with E-state index < -0.39 is 14.9 Å². The Balaban J connectivity index is 1.60. The topological polar surface area (TPSA) is 98.5 Å². The van der Waals surface area contributed by atoms with Gasteiger partial charge in [-0.05, 0) is 35.7 Å². The van der Waals surface area contributed by atoms with E-state index in [-0.39, 0.29) is 17.1 Å². The summed E-state index contributed by atoms with van der Waals surface area (Å²) in [7, 11) is -3.79. The van der Waals surface area contributed by atoms with Crippen LogP contribution in [0.2, 0.25) is 0 Å². The molecule has 3 aromatic carbocycles. The second-order valence-electron chi connectivity index (χ2n) is 6.83. The molecule has 0 saturated heterocycles. The third-order valence-corrected chi connectivity index (χ3v) is 5.91. The van der Waals surface area contributed by atoms with E-state index in [0.717, 1.165) is 16.7 Å². The summed E-state index contributed by atoms with van der Waals surface area (Å²) in [4.78, 5) is 10.4. The number of hydrogen-bond acceptors (Lipinski definition) is 5. The molecule has 0 atom stereocenters. The summed E-state index contributed by atoms with van der Waals surface area (Å²) < 4.78 is 33.4. The molecule has 0 heterocycles. The summed E-state index contributed by atoms with van der Waals surface area (Å²) in [6.07, 6.45) is 0. The molecule has 0 saturated carbocycles. The second-order valence-corrected chi connectivity index (χ2v) is 8.60. The number of benzene rings is 3. The SMILES string of the molecule is Cc1cc(S(=O)(=O)NCc2cccc(COCc3ccccc3)c2)ccc1[N+](=O)[O-]. The Hall–Kier alpha value is -3.07. The van der Waals surface area contributed by atoms with Gasteiger partial charge in [0.25, 0.3) is 5.69 Å². The van der Waals surface area contributed by atoms with E-state index in [1.165, 1.54) is 25.1 Å². The summed E-state index contributed by atoms with van der Waals surface area (Å²) in [5.41, 5.74) is 2.99. The molecule has 0 radical (unpaired) electrons. The Morgan fingerprint density at radius 2 is 1.57 bits per heavy atom. The van der Waals surface area contributed by atoms with Gasteiger partial charge in [-0.15, -0.1) is 0 Å². The maximum atomic E-state index is 12.5. The highest BCUT2D eigenvalue weighted by Crippen LogP contribution is 2.21. The molecule has 1 N–H and O–H groups in total. The fourth-order valence-electron chi connectivity index (χ4n) is 2.95. The average Bonchev–Trinajstić information content (AvgIpc) is 2.73. The fraction of sp³-hybridized carbons (Fsp3) is 0.182. The molecule has 8 heteroatoms. The fourth-order valence-corrected chi connectivity index (χ4v) is 4.05. The minimum atomic E-state index is -3.79. The largest absolute Gasteiger partial charge is 0.372 e. The Labute approximate surface area is 175 Å². The van der Waals surface area contributed by atoms with Crippen molar-refractivity contribution in [3.63, 3.8) is 0 Å². The second kappa shape index (κ2) is 9.62. The van der Waals surface area contributed by atoms with Crippen LogP contribution in [0.5, 0.6) is 0 Å². The maximum absolute atomic E-state index is 12.5. The molecule has 0 unspecified atom stereocenters. The molecule has 0 amide bonds. The molecule has 3 rings (SSSR count). The van der Waals surface area contributed by atoms with Crippen LogP contribution >= 0.6 is 0 Å². The Morgan fingerprint density at radius 1 is 0.900 bits per heavy atom. The van der Waals surface area contributed by atoms with Crippen LogP contribution in [0.15, 0.2) is 77.7 Å². The van der Waals surface area contributed by atoms with Gasteiger partial charge in [0.05, 0.1) is 23.0 Å². The Bertz CT molecular complexity index is 1130. The van der Waals surface area contributed by atoms with E-state index in [0.29, 0.717) is 18.8 Å². The van der Waals surface area contributed by atoms with Gasteiger partial charge in [-0.2, -0.15) is 0 Å². The van der Waals surface area contributed by atoms with Gasteiger partial charge in [0.15, 0.2) is 0 Å². The number of rotatable bonds is 9. The molecule has 0 aromatic heterocycles. The zero-order valence-corrected chi connectivity index (χ0v) is 17.3. The summed E-state index contributed by atoms with van der Waals surface area (Å²) >= 11 is 0. The van der Waals surface area contributed by atoms with Crippen molar-refractivity contribution in [1.29, 1.82) is 0 Å². The number of nitro groups is 1.